The van der Waals surface area contributed by atoms with E-state index in [1.165, 1.54) is 0 Å². The van der Waals surface area contributed by atoms with Gasteiger partial charge in [0.2, 0.25) is 0 Å². The summed E-state index contributed by atoms with van der Waals surface area (Å²) in [6, 6.07) is -0.699. The van der Waals surface area contributed by atoms with Crippen LogP contribution < -0.4 is 5.73 Å². The van der Waals surface area contributed by atoms with Gasteiger partial charge >= 0.3 is 11.9 Å². The van der Waals surface area contributed by atoms with Crippen molar-refractivity contribution in [2.45, 2.75) is 46.6 Å². The average molecular weight is 233 g/mol. The van der Waals surface area contributed by atoms with Gasteiger partial charge in [-0.2, -0.15) is 0 Å². The quantitative estimate of drug-likeness (QED) is 0.669. The van der Waals surface area contributed by atoms with Gasteiger partial charge in [0.15, 0.2) is 0 Å². The molecule has 5 nitrogen and oxygen atoms in total. The number of carbonyl (C=O) groups is 2. The van der Waals surface area contributed by atoms with Crippen LogP contribution in [0.5, 0.6) is 0 Å². The molecule has 5 heteroatoms. The Bertz CT molecular complexity index is 218. The van der Waals surface area contributed by atoms with Crippen molar-refractivity contribution in [3.8, 4) is 0 Å². The summed E-state index contributed by atoms with van der Waals surface area (Å²) in [5, 5.41) is 16.5. The molecule has 0 saturated carbocycles. The molecule has 0 bridgehead atoms. The van der Waals surface area contributed by atoms with Crippen molar-refractivity contribution >= 4 is 11.9 Å². The fourth-order valence-electron chi connectivity index (χ4n) is 0.672. The smallest absolute Gasteiger partial charge is 0.320 e. The van der Waals surface area contributed by atoms with Gasteiger partial charge in [0, 0.05) is 0 Å². The van der Waals surface area contributed by atoms with Crippen molar-refractivity contribution in [2.75, 3.05) is 0 Å². The molecule has 0 aromatic carbocycles. The molecule has 0 aliphatic rings. The fraction of sp³-hybridized carbons (Fsp3) is 0.818. The third-order valence-corrected chi connectivity index (χ3v) is 2.58. The maximum Gasteiger partial charge on any atom is 0.320 e. The molecule has 0 spiro atoms. The monoisotopic (exact) mass is 233 g/mol. The van der Waals surface area contributed by atoms with Gasteiger partial charge in [0.25, 0.3) is 0 Å². The van der Waals surface area contributed by atoms with E-state index in [9.17, 15) is 9.59 Å². The second-order valence-electron chi connectivity index (χ2n) is 3.90. The van der Waals surface area contributed by atoms with Crippen LogP contribution in [-0.2, 0) is 9.59 Å². The standard InChI is InChI=1S/C6H13NO2.C5H10O2/c1-3-4(2)5(7)6(8)9;1-3-4(2)5(6)7/h4-5H,3,7H2,1-2H3,(H,8,9);4H,3H2,1-2H3,(H,6,7)/t4-,5-;/m0./s1. The largest absolute Gasteiger partial charge is 0.481 e. The summed E-state index contributed by atoms with van der Waals surface area (Å²) in [5.74, 6) is -1.73. The van der Waals surface area contributed by atoms with Gasteiger partial charge in [-0.3, -0.25) is 9.59 Å². The summed E-state index contributed by atoms with van der Waals surface area (Å²) in [7, 11) is 0. The first-order chi connectivity index (χ1) is 7.27. The summed E-state index contributed by atoms with van der Waals surface area (Å²) < 4.78 is 0. The van der Waals surface area contributed by atoms with Gasteiger partial charge in [-0.1, -0.05) is 34.1 Å². The number of nitrogens with two attached hydrogens (primary N) is 1. The second kappa shape index (κ2) is 9.15. The summed E-state index contributed by atoms with van der Waals surface area (Å²) in [5.41, 5.74) is 5.27. The van der Waals surface area contributed by atoms with Crippen molar-refractivity contribution in [1.29, 1.82) is 0 Å². The number of aliphatic carboxylic acids is 2. The van der Waals surface area contributed by atoms with Crippen LogP contribution >= 0.6 is 0 Å². The molecule has 0 aliphatic carbocycles. The van der Waals surface area contributed by atoms with Gasteiger partial charge in [0.1, 0.15) is 6.04 Å². The summed E-state index contributed by atoms with van der Waals surface area (Å²) in [6.07, 6.45) is 1.53. The van der Waals surface area contributed by atoms with Crippen molar-refractivity contribution in [3.05, 3.63) is 0 Å². The zero-order chi connectivity index (χ0) is 13.3. The molecule has 0 aromatic heterocycles. The van der Waals surface area contributed by atoms with Crippen molar-refractivity contribution in [3.63, 3.8) is 0 Å². The van der Waals surface area contributed by atoms with E-state index in [-0.39, 0.29) is 11.8 Å². The minimum absolute atomic E-state index is 0.0718. The Balaban J connectivity index is 0. The molecule has 0 rings (SSSR count). The molecule has 0 aliphatic heterocycles. The van der Waals surface area contributed by atoms with Crippen molar-refractivity contribution < 1.29 is 19.8 Å². The Morgan fingerprint density at radius 1 is 1.06 bits per heavy atom. The SMILES string of the molecule is CCC(C)C(=O)O.CC[C@H](C)[C@H](N)C(=O)O. The van der Waals surface area contributed by atoms with Gasteiger partial charge < -0.3 is 15.9 Å². The predicted molar refractivity (Wildman–Crippen MR) is 62.2 cm³/mol. The summed E-state index contributed by atoms with van der Waals surface area (Å²) in [6.45, 7) is 7.31. The lowest BCUT2D eigenvalue weighted by Crippen LogP contribution is -2.36. The fourth-order valence-corrected chi connectivity index (χ4v) is 0.672. The van der Waals surface area contributed by atoms with Crippen LogP contribution in [0.15, 0.2) is 0 Å². The lowest BCUT2D eigenvalue weighted by atomic mass is 10.0. The van der Waals surface area contributed by atoms with E-state index in [2.05, 4.69) is 0 Å². The molecule has 3 atom stereocenters. The van der Waals surface area contributed by atoms with Crippen LogP contribution in [0.1, 0.15) is 40.5 Å². The van der Waals surface area contributed by atoms with Gasteiger partial charge in [-0.25, -0.2) is 0 Å². The Hall–Kier alpha value is -1.10. The zero-order valence-electron chi connectivity index (χ0n) is 10.4. The van der Waals surface area contributed by atoms with Crippen LogP contribution in [0.2, 0.25) is 0 Å². The molecule has 4 N–H and O–H groups in total. The number of rotatable bonds is 5. The van der Waals surface area contributed by atoms with E-state index in [0.717, 1.165) is 12.8 Å². The summed E-state index contributed by atoms with van der Waals surface area (Å²) in [4.78, 5) is 20.1. The van der Waals surface area contributed by atoms with E-state index in [1.54, 1.807) is 6.92 Å². The minimum Gasteiger partial charge on any atom is -0.481 e. The van der Waals surface area contributed by atoms with E-state index >= 15 is 0 Å². The number of carboxylic acid groups (broad SMARTS) is 2. The van der Waals surface area contributed by atoms with Crippen LogP contribution in [0.25, 0.3) is 0 Å². The third kappa shape index (κ3) is 8.23. The Morgan fingerprint density at radius 3 is 1.56 bits per heavy atom. The maximum absolute atomic E-state index is 10.2. The molecular weight excluding hydrogens is 210 g/mol. The number of carboxylic acids is 2. The van der Waals surface area contributed by atoms with E-state index in [1.807, 2.05) is 20.8 Å². The lowest BCUT2D eigenvalue weighted by Gasteiger charge is -2.11. The molecule has 1 unspecified atom stereocenters. The first kappa shape index (κ1) is 17.3. The topological polar surface area (TPSA) is 101 Å². The molecule has 0 amide bonds. The minimum atomic E-state index is -0.913. The van der Waals surface area contributed by atoms with Crippen molar-refractivity contribution in [1.82, 2.24) is 0 Å². The van der Waals surface area contributed by atoms with Gasteiger partial charge in [-0.15, -0.1) is 0 Å². The highest BCUT2D eigenvalue weighted by molar-refractivity contribution is 5.73. The van der Waals surface area contributed by atoms with E-state index in [4.69, 9.17) is 15.9 Å². The Morgan fingerprint density at radius 2 is 1.50 bits per heavy atom. The van der Waals surface area contributed by atoms with Crippen LogP contribution in [0, 0.1) is 11.8 Å². The summed E-state index contributed by atoms with van der Waals surface area (Å²) >= 11 is 0. The normalized spacial score (nSPS) is 15.3. The van der Waals surface area contributed by atoms with Crippen molar-refractivity contribution in [2.24, 2.45) is 17.6 Å². The first-order valence-corrected chi connectivity index (χ1v) is 5.48. The highest BCUT2D eigenvalue weighted by atomic mass is 16.4. The molecule has 0 heterocycles. The Labute approximate surface area is 96.6 Å². The molecule has 96 valence electrons. The predicted octanol–water partition coefficient (Wildman–Crippen LogP) is 1.56. The maximum atomic E-state index is 10.2. The molecule has 0 saturated heterocycles. The Kier molecular flexibility index (Phi) is 9.89. The molecule has 0 aromatic rings. The zero-order valence-corrected chi connectivity index (χ0v) is 10.4. The lowest BCUT2D eigenvalue weighted by molar-refractivity contribution is -0.141. The van der Waals surface area contributed by atoms with Gasteiger partial charge in [-0.05, 0) is 12.3 Å². The van der Waals surface area contributed by atoms with Gasteiger partial charge in [0.05, 0.1) is 5.92 Å². The number of hydrogen-bond donors (Lipinski definition) is 3. The number of hydrogen-bond acceptors (Lipinski definition) is 3. The average Bonchev–Trinajstić information content (AvgIpc) is 2.26. The third-order valence-electron chi connectivity index (χ3n) is 2.58. The van der Waals surface area contributed by atoms with Crippen LogP contribution in [0.4, 0.5) is 0 Å². The van der Waals surface area contributed by atoms with E-state index < -0.39 is 18.0 Å². The molecule has 0 radical (unpaired) electrons. The highest BCUT2D eigenvalue weighted by Crippen LogP contribution is 2.04. The van der Waals surface area contributed by atoms with E-state index in [0.29, 0.717) is 0 Å². The highest BCUT2D eigenvalue weighted by Gasteiger charge is 2.17. The molecule has 16 heavy (non-hydrogen) atoms. The first-order valence-electron chi connectivity index (χ1n) is 5.48. The molecular formula is C11H23NO4. The van der Waals surface area contributed by atoms with Crippen LogP contribution in [0.3, 0.4) is 0 Å². The molecule has 0 fully saturated rings. The second-order valence-corrected chi connectivity index (χ2v) is 3.90. The van der Waals surface area contributed by atoms with Crippen LogP contribution in [-0.4, -0.2) is 28.2 Å².